The highest BCUT2D eigenvalue weighted by Crippen LogP contribution is 2.16. The lowest BCUT2D eigenvalue weighted by molar-refractivity contribution is 0.100. The second kappa shape index (κ2) is 9.39. The smallest absolute Gasteiger partial charge is 0.176 e. The quantitative estimate of drug-likeness (QED) is 0.376. The van der Waals surface area contributed by atoms with Gasteiger partial charge in [0.05, 0.1) is 16.5 Å². The van der Waals surface area contributed by atoms with E-state index in [4.69, 9.17) is 0 Å². The van der Waals surface area contributed by atoms with Crippen LogP contribution in [0.3, 0.4) is 0 Å². The summed E-state index contributed by atoms with van der Waals surface area (Å²) in [4.78, 5) is 21.8. The molecule has 0 fully saturated rings. The molecular weight excluding hydrogens is 502 g/mol. The minimum absolute atomic E-state index is 0.120. The summed E-state index contributed by atoms with van der Waals surface area (Å²) in [5.74, 6) is -1.48. The van der Waals surface area contributed by atoms with Gasteiger partial charge in [-0.15, -0.1) is 0 Å². The first kappa shape index (κ1) is 20.1. The largest absolute Gasteiger partial charge is 0.294 e. The van der Waals surface area contributed by atoms with E-state index >= 15 is 0 Å². The van der Waals surface area contributed by atoms with Crippen molar-refractivity contribution in [1.29, 1.82) is 0 Å². The Labute approximate surface area is 157 Å². The average molecular weight is 513 g/mol. The zero-order valence-corrected chi connectivity index (χ0v) is 16.6. The maximum Gasteiger partial charge on any atom is 0.176 e. The molecule has 0 aliphatic heterocycles. The minimum atomic E-state index is -0.492. The molecule has 2 rings (SSSR count). The fraction of sp³-hybridized carbons (Fsp3) is 0.125. The average Bonchev–Trinajstić information content (AvgIpc) is 2.46. The van der Waals surface area contributed by atoms with Crippen molar-refractivity contribution in [2.24, 2.45) is 0 Å². The van der Waals surface area contributed by atoms with Crippen LogP contribution in [-0.4, -0.2) is 16.9 Å². The van der Waals surface area contributed by atoms with Crippen molar-refractivity contribution < 1.29 is 18.4 Å². The Morgan fingerprint density at radius 3 is 1.70 bits per heavy atom. The SMILES string of the molecule is CC(=O)c1ccc(Br)cc1F.O=C(CBr)c1ccc(Br)cc1F. The van der Waals surface area contributed by atoms with E-state index in [-0.39, 0.29) is 28.0 Å². The molecule has 0 atom stereocenters. The first-order valence-electron chi connectivity index (χ1n) is 6.26. The van der Waals surface area contributed by atoms with E-state index in [1.165, 1.54) is 31.2 Å². The third-order valence-corrected chi connectivity index (χ3v) is 4.16. The van der Waals surface area contributed by atoms with Crippen LogP contribution >= 0.6 is 47.8 Å². The van der Waals surface area contributed by atoms with Crippen molar-refractivity contribution >= 4 is 59.4 Å². The lowest BCUT2D eigenvalue weighted by Gasteiger charge is -1.98. The van der Waals surface area contributed by atoms with Gasteiger partial charge in [-0.2, -0.15) is 0 Å². The molecule has 0 heterocycles. The molecule has 0 radical (unpaired) electrons. The summed E-state index contributed by atoms with van der Waals surface area (Å²) < 4.78 is 27.1. The summed E-state index contributed by atoms with van der Waals surface area (Å²) >= 11 is 9.17. The Balaban J connectivity index is 0.000000231. The van der Waals surface area contributed by atoms with Gasteiger partial charge in [-0.1, -0.05) is 47.8 Å². The molecule has 0 unspecified atom stereocenters. The Kier molecular flexibility index (Phi) is 8.22. The maximum absolute atomic E-state index is 13.0. The lowest BCUT2D eigenvalue weighted by atomic mass is 10.1. The van der Waals surface area contributed by atoms with Crippen molar-refractivity contribution in [3.8, 4) is 0 Å². The molecule has 0 amide bonds. The van der Waals surface area contributed by atoms with Crippen LogP contribution in [0, 0.1) is 11.6 Å². The first-order valence-corrected chi connectivity index (χ1v) is 8.97. The van der Waals surface area contributed by atoms with Crippen LogP contribution in [0.4, 0.5) is 8.78 Å². The highest BCUT2D eigenvalue weighted by atomic mass is 79.9. The van der Waals surface area contributed by atoms with Crippen LogP contribution in [0.5, 0.6) is 0 Å². The van der Waals surface area contributed by atoms with Gasteiger partial charge in [0.25, 0.3) is 0 Å². The van der Waals surface area contributed by atoms with Gasteiger partial charge in [0.15, 0.2) is 11.6 Å². The maximum atomic E-state index is 13.0. The molecule has 0 saturated heterocycles. The standard InChI is InChI=1S/C8H5Br2FO.C8H6BrFO/c9-4-8(12)6-2-1-5(10)3-7(6)11;1-5(11)7-3-2-6(9)4-8(7)10/h1-3H,4H2;2-4H,1H3. The molecule has 7 heteroatoms. The molecule has 0 saturated carbocycles. The van der Waals surface area contributed by atoms with E-state index in [1.807, 2.05) is 0 Å². The number of alkyl halides is 1. The number of carbonyl (C=O) groups is 2. The number of Topliss-reactive ketones (excluding diaryl/α,β-unsaturated/α-hetero) is 2. The van der Waals surface area contributed by atoms with Gasteiger partial charge in [-0.3, -0.25) is 9.59 Å². The van der Waals surface area contributed by atoms with E-state index < -0.39 is 11.6 Å². The summed E-state index contributed by atoms with van der Waals surface area (Å²) in [6.07, 6.45) is 0. The Morgan fingerprint density at radius 2 is 1.35 bits per heavy atom. The second-order valence-corrected chi connectivity index (χ2v) is 6.75. The van der Waals surface area contributed by atoms with Crippen molar-refractivity contribution in [3.63, 3.8) is 0 Å². The van der Waals surface area contributed by atoms with E-state index in [2.05, 4.69) is 47.8 Å². The summed E-state index contributed by atoms with van der Waals surface area (Å²) in [5, 5.41) is 0.144. The molecule has 23 heavy (non-hydrogen) atoms. The fourth-order valence-electron chi connectivity index (χ4n) is 1.56. The molecule has 0 spiro atoms. The molecule has 0 aliphatic rings. The molecule has 0 aromatic heterocycles. The van der Waals surface area contributed by atoms with Crippen LogP contribution in [0.2, 0.25) is 0 Å². The van der Waals surface area contributed by atoms with Crippen molar-refractivity contribution in [2.45, 2.75) is 6.92 Å². The molecule has 2 aromatic rings. The number of benzene rings is 2. The molecular formula is C16H11Br3F2O2. The van der Waals surface area contributed by atoms with Crippen LogP contribution in [-0.2, 0) is 0 Å². The van der Waals surface area contributed by atoms with Gasteiger partial charge in [0.1, 0.15) is 11.6 Å². The summed E-state index contributed by atoms with van der Waals surface area (Å²) in [7, 11) is 0. The number of hydrogen-bond acceptors (Lipinski definition) is 2. The summed E-state index contributed by atoms with van der Waals surface area (Å²) in [6.45, 7) is 1.34. The van der Waals surface area contributed by atoms with E-state index in [9.17, 15) is 18.4 Å². The highest BCUT2D eigenvalue weighted by Gasteiger charge is 2.09. The highest BCUT2D eigenvalue weighted by molar-refractivity contribution is 9.10. The topological polar surface area (TPSA) is 34.1 Å². The monoisotopic (exact) mass is 510 g/mol. The van der Waals surface area contributed by atoms with Gasteiger partial charge in [0, 0.05) is 8.95 Å². The number of carbonyl (C=O) groups excluding carboxylic acids is 2. The molecule has 0 N–H and O–H groups in total. The van der Waals surface area contributed by atoms with E-state index in [0.717, 1.165) is 0 Å². The normalized spacial score (nSPS) is 9.83. The van der Waals surface area contributed by atoms with Gasteiger partial charge in [-0.05, 0) is 43.3 Å². The number of hydrogen-bond donors (Lipinski definition) is 0. The summed E-state index contributed by atoms with van der Waals surface area (Å²) in [5.41, 5.74) is 0.253. The van der Waals surface area contributed by atoms with Crippen LogP contribution in [0.25, 0.3) is 0 Å². The van der Waals surface area contributed by atoms with Crippen molar-refractivity contribution in [3.05, 3.63) is 68.1 Å². The first-order chi connectivity index (χ1) is 10.8. The van der Waals surface area contributed by atoms with Crippen LogP contribution in [0.1, 0.15) is 27.6 Å². The Hall–Kier alpha value is -0.920. The molecule has 2 nitrogen and oxygen atoms in total. The molecule has 0 bridgehead atoms. The van der Waals surface area contributed by atoms with E-state index in [0.29, 0.717) is 8.95 Å². The molecule has 2 aromatic carbocycles. The third-order valence-electron chi connectivity index (χ3n) is 2.66. The van der Waals surface area contributed by atoms with Gasteiger partial charge >= 0.3 is 0 Å². The molecule has 0 aliphatic carbocycles. The van der Waals surface area contributed by atoms with Gasteiger partial charge in [0.2, 0.25) is 0 Å². The molecule has 122 valence electrons. The van der Waals surface area contributed by atoms with Crippen molar-refractivity contribution in [2.75, 3.05) is 5.33 Å². The summed E-state index contributed by atoms with van der Waals surface area (Å²) in [6, 6.07) is 8.75. The fourth-order valence-corrected chi connectivity index (χ4v) is 2.53. The lowest BCUT2D eigenvalue weighted by Crippen LogP contribution is -2.02. The predicted octanol–water partition coefficient (Wildman–Crippen LogP) is 5.96. The van der Waals surface area contributed by atoms with Gasteiger partial charge < -0.3 is 0 Å². The van der Waals surface area contributed by atoms with Crippen LogP contribution in [0.15, 0.2) is 45.3 Å². The number of ketones is 2. The third kappa shape index (κ3) is 6.24. The Morgan fingerprint density at radius 1 is 0.913 bits per heavy atom. The van der Waals surface area contributed by atoms with Gasteiger partial charge in [-0.25, -0.2) is 8.78 Å². The zero-order chi connectivity index (χ0) is 17.6. The zero-order valence-electron chi connectivity index (χ0n) is 11.9. The van der Waals surface area contributed by atoms with Crippen molar-refractivity contribution in [1.82, 2.24) is 0 Å². The number of rotatable bonds is 3. The predicted molar refractivity (Wildman–Crippen MR) is 96.3 cm³/mol. The Bertz CT molecular complexity index is 733. The number of halogens is 5. The minimum Gasteiger partial charge on any atom is -0.294 e. The van der Waals surface area contributed by atoms with E-state index in [1.54, 1.807) is 12.1 Å². The second-order valence-electron chi connectivity index (χ2n) is 4.36. The van der Waals surface area contributed by atoms with Crippen LogP contribution < -0.4 is 0 Å².